The molecule has 0 heterocycles. The van der Waals surface area contributed by atoms with Gasteiger partial charge in [0.1, 0.15) is 11.6 Å². The van der Waals surface area contributed by atoms with Crippen molar-refractivity contribution in [3.63, 3.8) is 0 Å². The van der Waals surface area contributed by atoms with Gasteiger partial charge in [0.2, 0.25) is 0 Å². The quantitative estimate of drug-likeness (QED) is 0.689. The largest absolute Gasteiger partial charge is 0.480 e. The molecule has 2 aliphatic rings. The average molecular weight is 371 g/mol. The molecular formula is C20H38N2O4. The zero-order valence-electron chi connectivity index (χ0n) is 17.0. The van der Waals surface area contributed by atoms with Crippen LogP contribution in [0.4, 0.5) is 4.79 Å². The SMILES string of the molecule is C1CCC(NC2CCCCC2)CC1.C[C@H](NC(=O)OC(C)(C)C)C(=O)O. The molecule has 0 bridgehead atoms. The Balaban J connectivity index is 0.000000260. The van der Waals surface area contributed by atoms with Crippen LogP contribution in [0.2, 0.25) is 0 Å². The van der Waals surface area contributed by atoms with Crippen LogP contribution in [0, 0.1) is 0 Å². The van der Waals surface area contributed by atoms with Crippen molar-refractivity contribution >= 4 is 12.1 Å². The van der Waals surface area contributed by atoms with Crippen molar-refractivity contribution in [3.05, 3.63) is 0 Å². The van der Waals surface area contributed by atoms with E-state index in [0.29, 0.717) is 0 Å². The molecule has 1 amide bonds. The molecule has 2 saturated carbocycles. The van der Waals surface area contributed by atoms with Gasteiger partial charge in [0, 0.05) is 12.1 Å². The molecule has 1 atom stereocenters. The summed E-state index contributed by atoms with van der Waals surface area (Å²) in [4.78, 5) is 21.3. The molecule has 3 N–H and O–H groups in total. The van der Waals surface area contributed by atoms with Gasteiger partial charge in [-0.25, -0.2) is 4.79 Å². The molecule has 0 aromatic carbocycles. The Morgan fingerprint density at radius 1 is 0.923 bits per heavy atom. The first-order valence-corrected chi connectivity index (χ1v) is 10.2. The van der Waals surface area contributed by atoms with Gasteiger partial charge in [0.25, 0.3) is 0 Å². The molecule has 0 saturated heterocycles. The van der Waals surface area contributed by atoms with Crippen molar-refractivity contribution < 1.29 is 19.4 Å². The third kappa shape index (κ3) is 10.6. The fourth-order valence-electron chi connectivity index (χ4n) is 3.42. The van der Waals surface area contributed by atoms with Gasteiger partial charge in [-0.15, -0.1) is 0 Å². The Hall–Kier alpha value is -1.30. The van der Waals surface area contributed by atoms with Gasteiger partial charge in [-0.05, 0) is 53.4 Å². The van der Waals surface area contributed by atoms with E-state index in [-0.39, 0.29) is 0 Å². The summed E-state index contributed by atoms with van der Waals surface area (Å²) < 4.78 is 4.85. The summed E-state index contributed by atoms with van der Waals surface area (Å²) in [5, 5.41) is 14.5. The number of carbonyl (C=O) groups excluding carboxylic acids is 1. The highest BCUT2D eigenvalue weighted by Crippen LogP contribution is 2.22. The second-order valence-corrected chi connectivity index (χ2v) is 8.54. The van der Waals surface area contributed by atoms with Crippen molar-refractivity contribution in [2.24, 2.45) is 0 Å². The predicted molar refractivity (Wildman–Crippen MR) is 103 cm³/mol. The predicted octanol–water partition coefficient (Wildman–Crippen LogP) is 4.23. The van der Waals surface area contributed by atoms with Crippen LogP contribution in [0.5, 0.6) is 0 Å². The standard InChI is InChI=1S/C12H23N.C8H15NO4/c1-3-7-11(8-4-1)13-12-9-5-2-6-10-12;1-5(6(10)11)9-7(12)13-8(2,3)4/h11-13H,1-10H2;5H,1-4H3,(H,9,12)(H,10,11)/t;5-/m.0/s1. The maximum absolute atomic E-state index is 11.0. The highest BCUT2D eigenvalue weighted by atomic mass is 16.6. The van der Waals surface area contributed by atoms with E-state index in [1.165, 1.54) is 71.1 Å². The summed E-state index contributed by atoms with van der Waals surface area (Å²) in [6, 6.07) is 0.809. The molecule has 26 heavy (non-hydrogen) atoms. The lowest BCUT2D eigenvalue weighted by molar-refractivity contribution is -0.139. The van der Waals surface area contributed by atoms with Crippen LogP contribution in [-0.2, 0) is 9.53 Å². The van der Waals surface area contributed by atoms with Crippen LogP contribution >= 0.6 is 0 Å². The molecule has 152 valence electrons. The smallest absolute Gasteiger partial charge is 0.408 e. The molecule has 2 rings (SSSR count). The molecule has 0 unspecified atom stereocenters. The molecular weight excluding hydrogens is 332 g/mol. The highest BCUT2D eigenvalue weighted by Gasteiger charge is 2.20. The number of hydrogen-bond acceptors (Lipinski definition) is 4. The minimum Gasteiger partial charge on any atom is -0.480 e. The number of aliphatic carboxylic acids is 1. The lowest BCUT2D eigenvalue weighted by atomic mass is 9.91. The third-order valence-corrected chi connectivity index (χ3v) is 4.79. The summed E-state index contributed by atoms with van der Waals surface area (Å²) >= 11 is 0. The van der Waals surface area contributed by atoms with Crippen LogP contribution in [-0.4, -0.2) is 40.9 Å². The second-order valence-electron chi connectivity index (χ2n) is 8.54. The fourth-order valence-corrected chi connectivity index (χ4v) is 3.42. The molecule has 2 fully saturated rings. The van der Waals surface area contributed by atoms with E-state index in [4.69, 9.17) is 9.84 Å². The van der Waals surface area contributed by atoms with Crippen LogP contribution < -0.4 is 10.6 Å². The summed E-state index contributed by atoms with van der Waals surface area (Å²) in [6.07, 6.45) is 13.8. The Morgan fingerprint density at radius 3 is 1.69 bits per heavy atom. The minimum atomic E-state index is -1.09. The first-order chi connectivity index (χ1) is 12.2. The van der Waals surface area contributed by atoms with E-state index < -0.39 is 23.7 Å². The number of amides is 1. The molecule has 2 aliphatic carbocycles. The van der Waals surface area contributed by atoms with Crippen LogP contribution in [0.3, 0.4) is 0 Å². The minimum absolute atomic E-state index is 0.609. The number of alkyl carbamates (subject to hydrolysis) is 1. The van der Waals surface area contributed by atoms with Crippen LogP contribution in [0.1, 0.15) is 91.9 Å². The number of rotatable bonds is 4. The molecule has 0 aromatic rings. The van der Waals surface area contributed by atoms with E-state index >= 15 is 0 Å². The molecule has 6 heteroatoms. The van der Waals surface area contributed by atoms with Crippen molar-refractivity contribution in [2.45, 2.75) is 116 Å². The maximum Gasteiger partial charge on any atom is 0.408 e. The normalized spacial score (nSPS) is 20.5. The Bertz CT molecular complexity index is 406. The number of nitrogens with one attached hydrogen (secondary N) is 2. The van der Waals surface area contributed by atoms with Gasteiger partial charge in [-0.1, -0.05) is 38.5 Å². The van der Waals surface area contributed by atoms with E-state index in [1.807, 2.05) is 0 Å². The van der Waals surface area contributed by atoms with Crippen LogP contribution in [0.25, 0.3) is 0 Å². The van der Waals surface area contributed by atoms with E-state index in [9.17, 15) is 9.59 Å². The zero-order valence-corrected chi connectivity index (χ0v) is 17.0. The topological polar surface area (TPSA) is 87.7 Å². The molecule has 0 spiro atoms. The maximum atomic E-state index is 11.0. The van der Waals surface area contributed by atoms with Gasteiger partial charge in [-0.3, -0.25) is 4.79 Å². The number of ether oxygens (including phenoxy) is 1. The Labute approximate surface area is 158 Å². The molecule has 0 aliphatic heterocycles. The summed E-state index contributed by atoms with van der Waals surface area (Å²) in [5.41, 5.74) is -0.609. The van der Waals surface area contributed by atoms with Gasteiger partial charge in [0.15, 0.2) is 0 Å². The number of carboxylic acids is 1. The lowest BCUT2D eigenvalue weighted by Gasteiger charge is -2.30. The number of carboxylic acid groups (broad SMARTS) is 1. The first-order valence-electron chi connectivity index (χ1n) is 10.2. The van der Waals surface area contributed by atoms with Crippen molar-refractivity contribution in [1.29, 1.82) is 0 Å². The monoisotopic (exact) mass is 370 g/mol. The molecule has 0 aromatic heterocycles. The average Bonchev–Trinajstić information content (AvgIpc) is 2.55. The number of carbonyl (C=O) groups is 2. The molecule has 6 nitrogen and oxygen atoms in total. The fraction of sp³-hybridized carbons (Fsp3) is 0.900. The van der Waals surface area contributed by atoms with Crippen molar-refractivity contribution in [2.75, 3.05) is 0 Å². The first kappa shape index (κ1) is 22.7. The molecule has 0 radical (unpaired) electrons. The Morgan fingerprint density at radius 2 is 1.35 bits per heavy atom. The summed E-state index contributed by atoms with van der Waals surface area (Å²) in [5.74, 6) is -1.09. The van der Waals surface area contributed by atoms with E-state index in [1.54, 1.807) is 20.8 Å². The number of hydrogen-bond donors (Lipinski definition) is 3. The summed E-state index contributed by atoms with van der Waals surface area (Å²) in [7, 11) is 0. The Kier molecular flexibility index (Phi) is 9.99. The van der Waals surface area contributed by atoms with Crippen LogP contribution in [0.15, 0.2) is 0 Å². The van der Waals surface area contributed by atoms with Gasteiger partial charge in [-0.2, -0.15) is 0 Å². The second kappa shape index (κ2) is 11.4. The third-order valence-electron chi connectivity index (χ3n) is 4.79. The van der Waals surface area contributed by atoms with E-state index in [2.05, 4.69) is 10.6 Å². The zero-order chi connectivity index (χ0) is 19.6. The highest BCUT2D eigenvalue weighted by molar-refractivity contribution is 5.79. The lowest BCUT2D eigenvalue weighted by Crippen LogP contribution is -2.41. The van der Waals surface area contributed by atoms with Gasteiger partial charge >= 0.3 is 12.1 Å². The van der Waals surface area contributed by atoms with E-state index in [0.717, 1.165) is 12.1 Å². The van der Waals surface area contributed by atoms with Crippen molar-refractivity contribution in [3.8, 4) is 0 Å². The van der Waals surface area contributed by atoms with Gasteiger partial charge in [0.05, 0.1) is 0 Å². The summed E-state index contributed by atoms with van der Waals surface area (Å²) in [6.45, 7) is 6.49. The van der Waals surface area contributed by atoms with Crippen molar-refractivity contribution in [1.82, 2.24) is 10.6 Å². The van der Waals surface area contributed by atoms with Gasteiger partial charge < -0.3 is 20.5 Å².